The highest BCUT2D eigenvalue weighted by molar-refractivity contribution is 5.87. The van der Waals surface area contributed by atoms with E-state index in [0.29, 0.717) is 0 Å². The van der Waals surface area contributed by atoms with Crippen molar-refractivity contribution in [2.75, 3.05) is 14.2 Å². The summed E-state index contributed by atoms with van der Waals surface area (Å²) < 4.78 is 62.9. The van der Waals surface area contributed by atoms with Gasteiger partial charge in [0.25, 0.3) is 5.56 Å². The lowest BCUT2D eigenvalue weighted by atomic mass is 10.5. The number of halogens is 4. The van der Waals surface area contributed by atoms with Crippen LogP contribution in [0, 0.1) is 0 Å². The Labute approximate surface area is 208 Å². The van der Waals surface area contributed by atoms with Crippen molar-refractivity contribution in [3.8, 4) is 11.8 Å². The minimum atomic E-state index is -3.00. The minimum absolute atomic E-state index is 0.0749. The Morgan fingerprint density at radius 3 is 1.53 bits per heavy atom. The smallest absolute Gasteiger partial charge is 0.388 e. The molecular weight excluding hydrogens is 532 g/mol. The summed E-state index contributed by atoms with van der Waals surface area (Å²) >= 11 is 0. The Balaban J connectivity index is 0.000000287. The summed E-state index contributed by atoms with van der Waals surface area (Å²) in [4.78, 5) is 61.6. The normalized spacial score (nSPS) is 9.79. The first-order valence-corrected chi connectivity index (χ1v) is 9.45. The number of carbonyl (C=O) groups is 3. The highest BCUT2D eigenvalue weighted by Crippen LogP contribution is 2.09. The molecule has 3 aromatic heterocycles. The molecule has 0 unspecified atom stereocenters. The van der Waals surface area contributed by atoms with Crippen molar-refractivity contribution in [2.45, 2.75) is 13.2 Å². The maximum Gasteiger partial charge on any atom is 0.388 e. The molecule has 0 aliphatic rings. The number of ether oxygens (including phenoxy) is 4. The van der Waals surface area contributed by atoms with Gasteiger partial charge in [0.05, 0.1) is 45.2 Å². The number of nitrogens with zero attached hydrogens (tertiary/aromatic N) is 5. The zero-order valence-electron chi connectivity index (χ0n) is 19.1. The Kier molecular flexibility index (Phi) is 12.7. The number of alkyl halides is 4. The summed E-state index contributed by atoms with van der Waals surface area (Å²) in [5.74, 6) is -3.31. The Hall–Kier alpha value is -5.23. The average Bonchev–Trinajstić information content (AvgIpc) is 2.89. The van der Waals surface area contributed by atoms with Crippen LogP contribution in [0.1, 0.15) is 31.5 Å². The van der Waals surface area contributed by atoms with Crippen LogP contribution in [0.4, 0.5) is 17.6 Å². The maximum absolute atomic E-state index is 11.7. The van der Waals surface area contributed by atoms with Crippen LogP contribution in [-0.2, 0) is 9.47 Å². The molecule has 0 atom stereocenters. The summed E-state index contributed by atoms with van der Waals surface area (Å²) in [6.07, 6.45) is 5.78. The SMILES string of the molecule is COC(=O)c1c[nH]c(=O)cn1.COC(=O)c1cnc(OC(F)F)cn1.O=C(O)c1cnc(OC(F)F)cn1. The number of hydrogen-bond acceptors (Lipinski definition) is 13. The molecule has 3 heterocycles. The van der Waals surface area contributed by atoms with Gasteiger partial charge >= 0.3 is 31.1 Å². The van der Waals surface area contributed by atoms with E-state index in [1.807, 2.05) is 0 Å². The molecule has 0 saturated heterocycles. The number of hydrogen-bond donors (Lipinski definition) is 2. The molecule has 3 aromatic rings. The van der Waals surface area contributed by atoms with Crippen molar-refractivity contribution in [1.29, 1.82) is 0 Å². The number of methoxy groups -OCH3 is 2. The number of H-pyrrole nitrogens is 1. The molecule has 19 heteroatoms. The van der Waals surface area contributed by atoms with Crippen molar-refractivity contribution in [3.63, 3.8) is 0 Å². The first kappa shape index (κ1) is 30.8. The summed E-state index contributed by atoms with van der Waals surface area (Å²) in [7, 11) is 2.42. The molecule has 0 amide bonds. The quantitative estimate of drug-likeness (QED) is 0.314. The van der Waals surface area contributed by atoms with E-state index < -0.39 is 37.0 Å². The van der Waals surface area contributed by atoms with Crippen molar-refractivity contribution in [2.24, 2.45) is 0 Å². The van der Waals surface area contributed by atoms with Gasteiger partial charge in [0, 0.05) is 6.20 Å². The first-order chi connectivity index (χ1) is 18.0. The summed E-state index contributed by atoms with van der Waals surface area (Å²) in [5.41, 5.74) is -0.666. The molecule has 204 valence electrons. The van der Waals surface area contributed by atoms with Crippen LogP contribution in [0.5, 0.6) is 11.8 Å². The molecule has 38 heavy (non-hydrogen) atoms. The first-order valence-electron chi connectivity index (χ1n) is 9.45. The summed E-state index contributed by atoms with van der Waals surface area (Å²) in [6, 6.07) is 0. The highest BCUT2D eigenvalue weighted by atomic mass is 19.3. The van der Waals surface area contributed by atoms with E-state index in [2.05, 4.69) is 48.9 Å². The van der Waals surface area contributed by atoms with Crippen LogP contribution < -0.4 is 15.0 Å². The van der Waals surface area contributed by atoms with Gasteiger partial charge in [-0.15, -0.1) is 0 Å². The Morgan fingerprint density at radius 1 is 0.737 bits per heavy atom. The Morgan fingerprint density at radius 2 is 1.18 bits per heavy atom. The van der Waals surface area contributed by atoms with E-state index in [0.717, 1.165) is 31.0 Å². The molecule has 0 aliphatic heterocycles. The largest absolute Gasteiger partial charge is 0.476 e. The summed E-state index contributed by atoms with van der Waals surface area (Å²) in [6.45, 7) is -5.96. The fraction of sp³-hybridized carbons (Fsp3) is 0.211. The van der Waals surface area contributed by atoms with E-state index in [1.54, 1.807) is 0 Å². The molecule has 2 N–H and O–H groups in total. The van der Waals surface area contributed by atoms with Crippen LogP contribution in [0.2, 0.25) is 0 Å². The second-order valence-corrected chi connectivity index (χ2v) is 5.82. The van der Waals surface area contributed by atoms with Crippen LogP contribution in [0.15, 0.2) is 42.0 Å². The van der Waals surface area contributed by atoms with Crippen molar-refractivity contribution in [3.05, 3.63) is 64.6 Å². The van der Waals surface area contributed by atoms with Crippen LogP contribution in [0.25, 0.3) is 0 Å². The van der Waals surface area contributed by atoms with Crippen LogP contribution >= 0.6 is 0 Å². The molecule has 0 bridgehead atoms. The number of aromatic nitrogens is 6. The van der Waals surface area contributed by atoms with E-state index in [-0.39, 0.29) is 28.5 Å². The monoisotopic (exact) mass is 548 g/mol. The van der Waals surface area contributed by atoms with Gasteiger partial charge in [0.2, 0.25) is 11.8 Å². The lowest BCUT2D eigenvalue weighted by Crippen LogP contribution is -2.11. The van der Waals surface area contributed by atoms with Crippen molar-refractivity contribution < 1.29 is 56.0 Å². The van der Waals surface area contributed by atoms with E-state index >= 15 is 0 Å². The number of aromatic carboxylic acids is 1. The highest BCUT2D eigenvalue weighted by Gasteiger charge is 2.10. The fourth-order valence-corrected chi connectivity index (χ4v) is 1.82. The number of nitrogens with one attached hydrogen (secondary N) is 1. The molecule has 0 radical (unpaired) electrons. The number of carboxylic acids is 1. The van der Waals surface area contributed by atoms with Gasteiger partial charge < -0.3 is 29.0 Å². The van der Waals surface area contributed by atoms with Gasteiger partial charge in [-0.1, -0.05) is 0 Å². The molecule has 0 aliphatic carbocycles. The lowest BCUT2D eigenvalue weighted by Gasteiger charge is -2.02. The zero-order chi connectivity index (χ0) is 28.7. The topological polar surface area (TPSA) is 206 Å². The van der Waals surface area contributed by atoms with Crippen LogP contribution in [-0.4, -0.2) is 80.4 Å². The summed E-state index contributed by atoms with van der Waals surface area (Å²) in [5, 5.41) is 8.37. The van der Waals surface area contributed by atoms with Gasteiger partial charge in [-0.05, 0) is 0 Å². The maximum atomic E-state index is 11.7. The van der Waals surface area contributed by atoms with Crippen molar-refractivity contribution >= 4 is 17.9 Å². The Bertz CT molecular complexity index is 1220. The average molecular weight is 548 g/mol. The van der Waals surface area contributed by atoms with Gasteiger partial charge in [-0.25, -0.2) is 39.3 Å². The third kappa shape index (κ3) is 11.5. The molecule has 3 rings (SSSR count). The van der Waals surface area contributed by atoms with E-state index in [4.69, 9.17) is 5.11 Å². The molecule has 15 nitrogen and oxygen atoms in total. The number of carboxylic acid groups (broad SMARTS) is 1. The standard InChI is InChI=1S/C7H6F2N2O3.C6H4F2N2O3.C6H6N2O3/c1-13-6(12)4-2-11-5(3-10-4)14-7(8)9;7-6(8)13-4-2-9-3(1-10-4)5(11)12;1-11-6(10)4-2-8-5(9)3-7-4/h2-3,7H,1H3;1-2,6H,(H,11,12);2-3H,1H3,(H,8,9). The van der Waals surface area contributed by atoms with Gasteiger partial charge in [-0.3, -0.25) is 4.79 Å². The number of aromatic amines is 1. The molecule has 0 aromatic carbocycles. The third-order valence-corrected chi connectivity index (χ3v) is 3.36. The van der Waals surface area contributed by atoms with Gasteiger partial charge in [0.1, 0.15) is 0 Å². The number of carbonyl (C=O) groups excluding carboxylic acids is 2. The fourth-order valence-electron chi connectivity index (χ4n) is 1.82. The zero-order valence-corrected chi connectivity index (χ0v) is 19.1. The molecule has 0 spiro atoms. The van der Waals surface area contributed by atoms with E-state index in [9.17, 15) is 36.7 Å². The lowest BCUT2D eigenvalue weighted by molar-refractivity contribution is -0.0538. The predicted molar refractivity (Wildman–Crippen MR) is 112 cm³/mol. The molecule has 0 saturated carbocycles. The second kappa shape index (κ2) is 15.7. The van der Waals surface area contributed by atoms with Gasteiger partial charge in [0.15, 0.2) is 17.1 Å². The molecule has 0 fully saturated rings. The second-order valence-electron chi connectivity index (χ2n) is 5.82. The minimum Gasteiger partial charge on any atom is -0.476 e. The van der Waals surface area contributed by atoms with E-state index in [1.165, 1.54) is 20.4 Å². The van der Waals surface area contributed by atoms with Crippen LogP contribution in [0.3, 0.4) is 0 Å². The number of rotatable bonds is 7. The number of esters is 2. The molecular formula is C19H16F4N6O9. The predicted octanol–water partition coefficient (Wildman–Crippen LogP) is 1.20. The van der Waals surface area contributed by atoms with Gasteiger partial charge in [-0.2, -0.15) is 17.6 Å². The van der Waals surface area contributed by atoms with Crippen molar-refractivity contribution in [1.82, 2.24) is 29.9 Å². The third-order valence-electron chi connectivity index (χ3n) is 3.36.